The number of aryl methyl sites for hydroxylation is 12. The first-order valence-corrected chi connectivity index (χ1v) is 49.3. The molecule has 0 spiro atoms. The first-order chi connectivity index (χ1) is 70.0. The molecule has 2 heterocycles. The molecule has 14 aromatic carbocycles. The van der Waals surface area contributed by atoms with Crippen LogP contribution in [0.25, 0.3) is 0 Å². The predicted octanol–water partition coefficient (Wildman–Crippen LogP) is 28.1. The Morgan fingerprint density at radius 2 is 0.612 bits per heavy atom. The Balaban J connectivity index is 0.000000275. The number of benzene rings is 14. The van der Waals surface area contributed by atoms with Gasteiger partial charge in [0.15, 0.2) is 5.82 Å². The summed E-state index contributed by atoms with van der Waals surface area (Å²) in [5.74, 6) is 13.3. The third-order valence-electron chi connectivity index (χ3n) is 23.2. The zero-order valence-corrected chi connectivity index (χ0v) is 84.7. The minimum atomic E-state index is -0.472. The molecule has 0 radical (unpaired) electrons. The highest BCUT2D eigenvalue weighted by atomic mass is 79.9. The van der Waals surface area contributed by atoms with E-state index in [9.17, 15) is 8.78 Å². The number of aliphatic hydroxyl groups excluding tert-OH is 1. The van der Waals surface area contributed by atoms with Crippen LogP contribution in [0.3, 0.4) is 0 Å². The van der Waals surface area contributed by atoms with Gasteiger partial charge in [-0.1, -0.05) is 260 Å². The van der Waals surface area contributed by atoms with Crippen LogP contribution in [0.2, 0.25) is 0 Å². The molecular weight excluding hydrogens is 1960 g/mol. The second kappa shape index (κ2) is 66.2. The molecule has 0 unspecified atom stereocenters. The number of rotatable bonds is 24. The second-order valence-electron chi connectivity index (χ2n) is 33.4. The zero-order valence-electron chi connectivity index (χ0n) is 81.5. The van der Waals surface area contributed by atoms with Gasteiger partial charge in [-0.05, 0) is 353 Å². The minimum Gasteiger partial charge on any atom is -0.478 e. The fourth-order valence-corrected chi connectivity index (χ4v) is 16.0. The number of hydrogen-bond donors (Lipinski definition) is 5. The highest BCUT2D eigenvalue weighted by molar-refractivity contribution is 9.11. The van der Waals surface area contributed by atoms with Crippen molar-refractivity contribution < 1.29 is 27.4 Å². The van der Waals surface area contributed by atoms with Gasteiger partial charge in [-0.2, -0.15) is 26.3 Å². The van der Waals surface area contributed by atoms with Crippen molar-refractivity contribution in [3.63, 3.8) is 0 Å². The minimum absolute atomic E-state index is 0. The van der Waals surface area contributed by atoms with Crippen molar-refractivity contribution >= 4 is 54.9 Å². The fourth-order valence-electron chi connectivity index (χ4n) is 15.0. The Morgan fingerprint density at radius 1 is 0.361 bits per heavy atom. The van der Waals surface area contributed by atoms with Crippen LogP contribution in [-0.4, -0.2) is 67.5 Å². The number of nitriles is 5. The largest absolute Gasteiger partial charge is 0.478 e. The lowest BCUT2D eigenvalue weighted by atomic mass is 9.97. The monoisotopic (exact) mass is 2080 g/mol. The Morgan fingerprint density at radius 3 is 0.864 bits per heavy atom. The Labute approximate surface area is 884 Å². The SMILES string of the molecule is C.C.C.C#Cc1ccc(C#N)cc1.CCO.CCOC(=N)c1ccc(CCc2cccc(CCc3ccc(C(C)=N)cc3)c2F)cc1.Cc1c(Br)cccc1Br.Fc1c(CCc2ccc(C3=NCCC3)cc2)cccc1CCc1ccc(C2=NCCC2)cc1.N#Cc1ccc(C#Cc2cccc(C#Cc3ccc(C#N)cc3)c2F)cc1.N#Cc1ccc(CCc2cccc(CCc3ccc(C#N)cc3)c2F)cc1.NCCN. The van der Waals surface area contributed by atoms with E-state index in [0.29, 0.717) is 90.0 Å². The van der Waals surface area contributed by atoms with E-state index in [1.54, 1.807) is 129 Å². The van der Waals surface area contributed by atoms with Crippen LogP contribution in [0.4, 0.5) is 17.6 Å². The Bertz CT molecular complexity index is 6710. The molecule has 147 heavy (non-hydrogen) atoms. The number of ether oxygens (including phenoxy) is 1. The third kappa shape index (κ3) is 40.4. The first-order valence-electron chi connectivity index (χ1n) is 47.7. The number of nitrogens with one attached hydrogen (secondary N) is 2. The lowest BCUT2D eigenvalue weighted by molar-refractivity contribution is 0.318. The van der Waals surface area contributed by atoms with E-state index in [-0.39, 0.29) is 63.4 Å². The highest BCUT2D eigenvalue weighted by Crippen LogP contribution is 2.27. The number of terminal acetylenes is 1. The average Bonchev–Trinajstić information content (AvgIpc) is 1.71. The summed E-state index contributed by atoms with van der Waals surface area (Å²) in [6.07, 6.45) is 18.2. The maximum absolute atomic E-state index is 15.2. The van der Waals surface area contributed by atoms with Crippen LogP contribution in [-0.2, 0) is 81.8 Å². The van der Waals surface area contributed by atoms with Crippen LogP contribution in [0.1, 0.15) is 219 Å². The summed E-state index contributed by atoms with van der Waals surface area (Å²) in [6, 6.07) is 107. The van der Waals surface area contributed by atoms with E-state index in [1.807, 2.05) is 171 Å². The van der Waals surface area contributed by atoms with Gasteiger partial charge in [-0.15, -0.1) is 6.42 Å². The smallest absolute Gasteiger partial charge is 0.213 e. The quantitative estimate of drug-likeness (QED) is 0.0166. The van der Waals surface area contributed by atoms with E-state index < -0.39 is 5.82 Å². The lowest BCUT2D eigenvalue weighted by Gasteiger charge is -2.10. The topological polar surface area (TPSA) is 273 Å². The summed E-state index contributed by atoms with van der Waals surface area (Å²) >= 11 is 6.83. The van der Waals surface area contributed by atoms with Crippen molar-refractivity contribution in [3.05, 3.63) is 492 Å². The molecule has 748 valence electrons. The summed E-state index contributed by atoms with van der Waals surface area (Å²) in [7, 11) is 0. The molecule has 0 saturated carbocycles. The molecule has 0 amide bonds. The molecular formula is C128H127Br2F4N11O2. The van der Waals surface area contributed by atoms with Gasteiger partial charge in [0, 0.05) is 81.1 Å². The molecule has 16 rings (SSSR count). The van der Waals surface area contributed by atoms with Crippen LogP contribution >= 0.6 is 31.9 Å². The fraction of sp³-hybridized carbons (Fsp3) is 0.227. The predicted molar refractivity (Wildman–Crippen MR) is 601 cm³/mol. The number of halogens is 6. The molecule has 0 saturated heterocycles. The van der Waals surface area contributed by atoms with Gasteiger partial charge in [0.2, 0.25) is 5.90 Å². The summed E-state index contributed by atoms with van der Waals surface area (Å²) in [5.41, 5.74) is 35.4. The summed E-state index contributed by atoms with van der Waals surface area (Å²) in [4.78, 5) is 9.15. The number of nitrogens with two attached hydrogens (primary N) is 2. The van der Waals surface area contributed by atoms with Crippen LogP contribution < -0.4 is 11.5 Å². The van der Waals surface area contributed by atoms with Crippen molar-refractivity contribution in [1.82, 2.24) is 0 Å². The lowest BCUT2D eigenvalue weighted by Crippen LogP contribution is -2.11. The molecule has 0 aliphatic carbocycles. The van der Waals surface area contributed by atoms with E-state index in [0.717, 1.165) is 171 Å². The molecule has 0 fully saturated rings. The van der Waals surface area contributed by atoms with E-state index in [2.05, 4.69) is 139 Å². The molecule has 0 bridgehead atoms. The highest BCUT2D eigenvalue weighted by Gasteiger charge is 2.17. The molecule has 2 aliphatic heterocycles. The molecule has 0 atom stereocenters. The number of aliphatic hydroxyl groups is 1. The first kappa shape index (κ1) is 120. The molecule has 14 aromatic rings. The summed E-state index contributed by atoms with van der Waals surface area (Å²) in [6.45, 7) is 11.2. The zero-order chi connectivity index (χ0) is 103. The molecule has 19 heteroatoms. The van der Waals surface area contributed by atoms with Crippen molar-refractivity contribution in [1.29, 1.82) is 37.1 Å². The maximum Gasteiger partial charge on any atom is 0.213 e. The van der Waals surface area contributed by atoms with Crippen LogP contribution in [0.15, 0.2) is 328 Å². The van der Waals surface area contributed by atoms with E-state index in [4.69, 9.17) is 64.9 Å². The van der Waals surface area contributed by atoms with Crippen molar-refractivity contribution in [2.45, 2.75) is 153 Å². The van der Waals surface area contributed by atoms with Gasteiger partial charge in [-0.25, -0.2) is 17.6 Å². The van der Waals surface area contributed by atoms with Crippen molar-refractivity contribution in [2.24, 2.45) is 21.5 Å². The van der Waals surface area contributed by atoms with Gasteiger partial charge in [-0.3, -0.25) is 15.4 Å². The normalized spacial score (nSPS) is 10.7. The average molecular weight is 2090 g/mol. The van der Waals surface area contributed by atoms with Gasteiger partial charge >= 0.3 is 0 Å². The van der Waals surface area contributed by atoms with Crippen molar-refractivity contribution in [3.8, 4) is 66.4 Å². The van der Waals surface area contributed by atoms with Gasteiger partial charge in [0.25, 0.3) is 0 Å². The van der Waals surface area contributed by atoms with Gasteiger partial charge in [0.05, 0.1) is 75.9 Å². The maximum atomic E-state index is 15.2. The molecule has 7 N–H and O–H groups in total. The molecule has 2 aliphatic rings. The Hall–Kier alpha value is -15.8. The van der Waals surface area contributed by atoms with E-state index in [1.165, 1.54) is 39.2 Å². The van der Waals surface area contributed by atoms with Crippen LogP contribution in [0.5, 0.6) is 0 Å². The van der Waals surface area contributed by atoms with Gasteiger partial charge < -0.3 is 26.7 Å². The Kier molecular flexibility index (Phi) is 54.0. The standard InChI is InChI=1S/C30H31FN2.C27H29FN2O.C24H19FN2.C24H11FN2.C9H5N.C7H6Br2.C2H8N2.C2H6O.3CH4/c31-30-26(18-12-22-8-14-24(15-9-22)28-6-2-20-32-28)4-1-5-27(30)19-13-23-10-16-25(17-11-23)29-7-3-21-33-29;1-3-31-27(30)25-17-11-21(12-18-25)10-16-24-6-4-5-23(26(24)28)15-9-20-7-13-22(14-8-20)19(2)29;2*25-24-22(14-12-18-4-8-20(16-26)9-5-18)2-1-3-23(24)15-13-19-6-10-21(17-27)11-7-19;1-2-8-3-5-9(7-10)6-4-8;1-5-6(8)3-2-4-7(5)9;3-1-2-4;1-2-3;;;/h1,4-5,8-11,14-17H,2-3,6-7,12-13,18-21H2;4-8,11-14,17-18,29-30H,3,9-10,15-16H2,1-2H3;1-11H,12-15H2;1-11H;1,3-6H;2-4H,1H3;1-4H2;3H,2H2,1H3;3*1H4. The van der Waals surface area contributed by atoms with Crippen molar-refractivity contribution in [2.75, 3.05) is 39.4 Å². The van der Waals surface area contributed by atoms with Crippen LogP contribution in [0, 0.1) is 134 Å². The summed E-state index contributed by atoms with van der Waals surface area (Å²) in [5, 5.41) is 66.8. The van der Waals surface area contributed by atoms with E-state index >= 15 is 8.78 Å². The number of nitrogens with zero attached hydrogens (tertiary/aromatic N) is 7. The number of aliphatic imine (C=N–C) groups is 2. The molecule has 0 aromatic heterocycles. The second-order valence-corrected chi connectivity index (χ2v) is 35.2. The number of hydrogen-bond acceptors (Lipinski definition) is 13. The van der Waals surface area contributed by atoms with Gasteiger partial charge in [0.1, 0.15) is 17.5 Å². The summed E-state index contributed by atoms with van der Waals surface area (Å²) < 4.78 is 67.2. The third-order valence-corrected chi connectivity index (χ3v) is 24.9. The molecule has 13 nitrogen and oxygen atoms in total.